The molecule has 112 valence electrons. The van der Waals surface area contributed by atoms with Crippen molar-refractivity contribution in [3.63, 3.8) is 0 Å². The van der Waals surface area contributed by atoms with Crippen LogP contribution in [0.2, 0.25) is 0 Å². The molecule has 0 radical (unpaired) electrons. The highest BCUT2D eigenvalue weighted by molar-refractivity contribution is 9.10. The second-order valence-electron chi connectivity index (χ2n) is 4.34. The largest absolute Gasteiger partial charge is 0.467 e. The molecule has 0 bridgehead atoms. The molecule has 1 aromatic heterocycles. The highest BCUT2D eigenvalue weighted by Crippen LogP contribution is 2.18. The van der Waals surface area contributed by atoms with Crippen molar-refractivity contribution in [3.05, 3.63) is 58.2 Å². The molecule has 1 N–H and O–H groups in total. The van der Waals surface area contributed by atoms with Gasteiger partial charge in [-0.2, -0.15) is 0 Å². The van der Waals surface area contributed by atoms with Crippen molar-refractivity contribution in [2.75, 3.05) is 13.2 Å². The summed E-state index contributed by atoms with van der Waals surface area (Å²) in [5.41, 5.74) is 0.0286. The maximum absolute atomic E-state index is 13.7. The summed E-state index contributed by atoms with van der Waals surface area (Å²) in [5, 5.41) is 2.66. The Morgan fingerprint density at radius 3 is 2.95 bits per heavy atom. The maximum Gasteiger partial charge on any atom is 0.254 e. The number of furan rings is 1. The summed E-state index contributed by atoms with van der Waals surface area (Å²) in [5.74, 6) is -0.223. The predicted molar refractivity (Wildman–Crippen MR) is 79.4 cm³/mol. The molecular formula is C15H15BrFNO3. The van der Waals surface area contributed by atoms with E-state index in [1.165, 1.54) is 6.07 Å². The number of nitrogens with one attached hydrogen (secondary N) is 1. The van der Waals surface area contributed by atoms with Crippen LogP contribution < -0.4 is 5.32 Å². The molecule has 0 aliphatic heterocycles. The zero-order valence-electron chi connectivity index (χ0n) is 11.3. The van der Waals surface area contributed by atoms with E-state index in [2.05, 4.69) is 21.2 Å². The highest BCUT2D eigenvalue weighted by Gasteiger charge is 2.12. The first-order valence-corrected chi connectivity index (χ1v) is 7.30. The normalized spacial score (nSPS) is 10.6. The Labute approximate surface area is 130 Å². The Bertz CT molecular complexity index is 587. The van der Waals surface area contributed by atoms with E-state index in [-0.39, 0.29) is 10.0 Å². The monoisotopic (exact) mass is 355 g/mol. The topological polar surface area (TPSA) is 51.5 Å². The van der Waals surface area contributed by atoms with Crippen LogP contribution >= 0.6 is 15.9 Å². The Kier molecular flexibility index (Phi) is 5.95. The standard InChI is InChI=1S/C15H15BrFNO3/c16-13-6-1-5-12(14(13)17)15(19)18-7-3-8-20-10-11-4-2-9-21-11/h1-2,4-6,9H,3,7-8,10H2,(H,18,19). The minimum atomic E-state index is -0.552. The third-order valence-electron chi connectivity index (χ3n) is 2.77. The smallest absolute Gasteiger partial charge is 0.254 e. The van der Waals surface area contributed by atoms with Crippen LogP contribution in [0.15, 0.2) is 45.5 Å². The van der Waals surface area contributed by atoms with Gasteiger partial charge in [0.05, 0.1) is 16.3 Å². The van der Waals surface area contributed by atoms with Gasteiger partial charge in [-0.1, -0.05) is 6.07 Å². The molecule has 1 amide bonds. The average Bonchev–Trinajstić information content (AvgIpc) is 2.98. The summed E-state index contributed by atoms with van der Waals surface area (Å²) >= 11 is 3.05. The quantitative estimate of drug-likeness (QED) is 0.773. The predicted octanol–water partition coefficient (Wildman–Crippen LogP) is 3.52. The van der Waals surface area contributed by atoms with Gasteiger partial charge in [0.15, 0.2) is 0 Å². The van der Waals surface area contributed by atoms with Gasteiger partial charge in [-0.3, -0.25) is 4.79 Å². The number of carbonyl (C=O) groups excluding carboxylic acids is 1. The second kappa shape index (κ2) is 7.95. The number of hydrogen-bond donors (Lipinski definition) is 1. The van der Waals surface area contributed by atoms with Crippen LogP contribution in [0, 0.1) is 5.82 Å². The van der Waals surface area contributed by atoms with Crippen LogP contribution in [0.3, 0.4) is 0 Å². The summed E-state index contributed by atoms with van der Waals surface area (Å²) < 4.78 is 24.5. The van der Waals surface area contributed by atoms with Gasteiger partial charge in [0.2, 0.25) is 0 Å². The Balaban J connectivity index is 1.66. The molecule has 6 heteroatoms. The maximum atomic E-state index is 13.7. The summed E-state index contributed by atoms with van der Waals surface area (Å²) in [4.78, 5) is 11.8. The molecular weight excluding hydrogens is 341 g/mol. The first kappa shape index (κ1) is 15.7. The first-order valence-electron chi connectivity index (χ1n) is 6.51. The van der Waals surface area contributed by atoms with Crippen LogP contribution in [0.25, 0.3) is 0 Å². The SMILES string of the molecule is O=C(NCCCOCc1ccco1)c1cccc(Br)c1F. The number of ether oxygens (including phenoxy) is 1. The van der Waals surface area contributed by atoms with Gasteiger partial charge >= 0.3 is 0 Å². The van der Waals surface area contributed by atoms with Crippen LogP contribution in [0.5, 0.6) is 0 Å². The van der Waals surface area contributed by atoms with Gasteiger partial charge in [0, 0.05) is 13.2 Å². The number of carbonyl (C=O) groups is 1. The van der Waals surface area contributed by atoms with Crippen molar-refractivity contribution >= 4 is 21.8 Å². The van der Waals surface area contributed by atoms with Crippen molar-refractivity contribution in [2.24, 2.45) is 0 Å². The molecule has 1 heterocycles. The number of benzene rings is 1. The molecule has 21 heavy (non-hydrogen) atoms. The lowest BCUT2D eigenvalue weighted by Gasteiger charge is -2.07. The van der Waals surface area contributed by atoms with Crippen molar-refractivity contribution < 1.29 is 18.3 Å². The fraction of sp³-hybridized carbons (Fsp3) is 0.267. The molecule has 0 saturated heterocycles. The van der Waals surface area contributed by atoms with Crippen molar-refractivity contribution in [2.45, 2.75) is 13.0 Å². The van der Waals surface area contributed by atoms with Gasteiger partial charge in [-0.15, -0.1) is 0 Å². The molecule has 0 saturated carbocycles. The van der Waals surface area contributed by atoms with E-state index >= 15 is 0 Å². The number of halogens is 2. The minimum Gasteiger partial charge on any atom is -0.467 e. The summed E-state index contributed by atoms with van der Waals surface area (Å²) in [6, 6.07) is 8.25. The molecule has 0 aliphatic carbocycles. The molecule has 1 aromatic carbocycles. The van der Waals surface area contributed by atoms with Crippen LogP contribution in [0.4, 0.5) is 4.39 Å². The first-order chi connectivity index (χ1) is 10.2. The number of rotatable bonds is 7. The van der Waals surface area contributed by atoms with Gasteiger partial charge in [0.1, 0.15) is 18.2 Å². The van der Waals surface area contributed by atoms with Crippen LogP contribution in [0.1, 0.15) is 22.5 Å². The molecule has 0 aliphatic rings. The minimum absolute atomic E-state index is 0.0286. The van der Waals surface area contributed by atoms with Crippen LogP contribution in [-0.4, -0.2) is 19.1 Å². The second-order valence-corrected chi connectivity index (χ2v) is 5.20. The summed E-state index contributed by atoms with van der Waals surface area (Å²) in [7, 11) is 0. The van der Waals surface area contributed by atoms with E-state index in [0.717, 1.165) is 5.76 Å². The molecule has 0 fully saturated rings. The molecule has 0 spiro atoms. The van der Waals surface area contributed by atoms with Crippen LogP contribution in [-0.2, 0) is 11.3 Å². The third-order valence-corrected chi connectivity index (χ3v) is 3.38. The Morgan fingerprint density at radius 2 is 2.19 bits per heavy atom. The summed E-state index contributed by atoms with van der Waals surface area (Å²) in [6.45, 7) is 1.31. The third kappa shape index (κ3) is 4.68. The van der Waals surface area contributed by atoms with E-state index in [9.17, 15) is 9.18 Å². The fourth-order valence-electron chi connectivity index (χ4n) is 1.72. The van der Waals surface area contributed by atoms with E-state index in [1.54, 1.807) is 24.5 Å². The fourth-order valence-corrected chi connectivity index (χ4v) is 2.08. The lowest BCUT2D eigenvalue weighted by molar-refractivity contribution is 0.0913. The Morgan fingerprint density at radius 1 is 1.33 bits per heavy atom. The van der Waals surface area contributed by atoms with Gasteiger partial charge < -0.3 is 14.5 Å². The number of hydrogen-bond acceptors (Lipinski definition) is 3. The molecule has 2 rings (SSSR count). The van der Waals surface area contributed by atoms with E-state index < -0.39 is 11.7 Å². The number of amides is 1. The lowest BCUT2D eigenvalue weighted by atomic mass is 10.2. The van der Waals surface area contributed by atoms with Crippen molar-refractivity contribution in [1.82, 2.24) is 5.32 Å². The average molecular weight is 356 g/mol. The van der Waals surface area contributed by atoms with Gasteiger partial charge in [-0.25, -0.2) is 4.39 Å². The van der Waals surface area contributed by atoms with Gasteiger partial charge in [0.25, 0.3) is 5.91 Å². The van der Waals surface area contributed by atoms with Gasteiger partial charge in [-0.05, 0) is 46.6 Å². The zero-order valence-corrected chi connectivity index (χ0v) is 12.9. The van der Waals surface area contributed by atoms with E-state index in [4.69, 9.17) is 9.15 Å². The molecule has 0 unspecified atom stereocenters. The Hall–Kier alpha value is -1.66. The highest BCUT2D eigenvalue weighted by atomic mass is 79.9. The van der Waals surface area contributed by atoms with E-state index in [0.29, 0.717) is 26.2 Å². The zero-order chi connectivity index (χ0) is 15.1. The molecule has 4 nitrogen and oxygen atoms in total. The van der Waals surface area contributed by atoms with E-state index in [1.807, 2.05) is 6.07 Å². The molecule has 2 aromatic rings. The van der Waals surface area contributed by atoms with Crippen molar-refractivity contribution in [3.8, 4) is 0 Å². The summed E-state index contributed by atoms with van der Waals surface area (Å²) in [6.07, 6.45) is 2.23. The molecule has 0 atom stereocenters. The van der Waals surface area contributed by atoms with Crippen molar-refractivity contribution in [1.29, 1.82) is 0 Å². The lowest BCUT2D eigenvalue weighted by Crippen LogP contribution is -2.26.